The molecule has 198 valence electrons. The van der Waals surface area contributed by atoms with Crippen LogP contribution >= 0.6 is 33.9 Å². The number of nitro benzene ring substituents is 1. The minimum Gasteiger partial charge on any atom is -0.504 e. The van der Waals surface area contributed by atoms with Crippen molar-refractivity contribution in [2.45, 2.75) is 33.7 Å². The van der Waals surface area contributed by atoms with Crippen LogP contribution in [0.25, 0.3) is 6.08 Å². The van der Waals surface area contributed by atoms with Gasteiger partial charge in [0, 0.05) is 11.6 Å². The number of hydrogen-bond acceptors (Lipinski definition) is 9. The first-order chi connectivity index (χ1) is 18.1. The number of halogens is 1. The lowest BCUT2D eigenvalue weighted by molar-refractivity contribution is -0.385. The molecule has 0 saturated heterocycles. The van der Waals surface area contributed by atoms with Gasteiger partial charge in [0.1, 0.15) is 0 Å². The second kappa shape index (κ2) is 11.1. The van der Waals surface area contributed by atoms with Gasteiger partial charge in [-0.2, -0.15) is 0 Å². The van der Waals surface area contributed by atoms with E-state index < -0.39 is 22.5 Å². The molecular formula is C26H24IN3O7S. The number of allylic oxidation sites excluding steroid dienone is 1. The Morgan fingerprint density at radius 3 is 2.66 bits per heavy atom. The summed E-state index contributed by atoms with van der Waals surface area (Å²) in [5, 5.41) is 21.9. The number of benzene rings is 2. The van der Waals surface area contributed by atoms with Crippen LogP contribution in [0.3, 0.4) is 0 Å². The summed E-state index contributed by atoms with van der Waals surface area (Å²) in [6.45, 7) is 7.21. The highest BCUT2D eigenvalue weighted by Gasteiger charge is 2.34. The second-order valence-corrected chi connectivity index (χ2v) is 10.6. The number of aromatic hydroxyl groups is 1. The number of rotatable bonds is 7. The minimum atomic E-state index is -0.967. The van der Waals surface area contributed by atoms with E-state index in [1.807, 2.05) is 22.6 Å². The van der Waals surface area contributed by atoms with Crippen LogP contribution < -0.4 is 19.6 Å². The maximum Gasteiger partial charge on any atom is 0.338 e. The molecule has 0 saturated carbocycles. The van der Waals surface area contributed by atoms with Gasteiger partial charge < -0.3 is 14.6 Å². The summed E-state index contributed by atoms with van der Waals surface area (Å²) < 4.78 is 13.0. The highest BCUT2D eigenvalue weighted by Crippen LogP contribution is 2.34. The third-order valence-electron chi connectivity index (χ3n) is 5.91. The molecule has 1 aliphatic rings. The van der Waals surface area contributed by atoms with Crippen molar-refractivity contribution in [3.05, 3.63) is 91.7 Å². The second-order valence-electron chi connectivity index (χ2n) is 8.39. The highest BCUT2D eigenvalue weighted by molar-refractivity contribution is 14.1. The van der Waals surface area contributed by atoms with Gasteiger partial charge in [-0.1, -0.05) is 23.5 Å². The molecule has 0 fully saturated rings. The third kappa shape index (κ3) is 5.10. The Kier molecular flexibility index (Phi) is 8.02. The monoisotopic (exact) mass is 649 g/mol. The molecule has 0 spiro atoms. The number of aryl methyl sites for hydroxylation is 1. The molecule has 10 nitrogen and oxygen atoms in total. The normalized spacial score (nSPS) is 15.2. The predicted octanol–water partition coefficient (Wildman–Crippen LogP) is 3.72. The maximum absolute atomic E-state index is 13.8. The summed E-state index contributed by atoms with van der Waals surface area (Å²) in [4.78, 5) is 42.8. The zero-order valence-electron chi connectivity index (χ0n) is 21.0. The van der Waals surface area contributed by atoms with E-state index in [9.17, 15) is 24.8 Å². The fourth-order valence-corrected chi connectivity index (χ4v) is 5.87. The molecule has 1 aromatic heterocycles. The van der Waals surface area contributed by atoms with Crippen molar-refractivity contribution in [2.24, 2.45) is 4.99 Å². The lowest BCUT2D eigenvalue weighted by Crippen LogP contribution is -2.40. The molecule has 4 rings (SSSR count). The number of esters is 1. The van der Waals surface area contributed by atoms with E-state index in [0.29, 0.717) is 47.6 Å². The van der Waals surface area contributed by atoms with Gasteiger partial charge in [0.2, 0.25) is 0 Å². The van der Waals surface area contributed by atoms with Crippen molar-refractivity contribution in [1.29, 1.82) is 0 Å². The largest absolute Gasteiger partial charge is 0.504 e. The van der Waals surface area contributed by atoms with Gasteiger partial charge in [-0.15, -0.1) is 0 Å². The van der Waals surface area contributed by atoms with E-state index in [1.54, 1.807) is 58.0 Å². The van der Waals surface area contributed by atoms with Gasteiger partial charge in [0.15, 0.2) is 16.3 Å². The van der Waals surface area contributed by atoms with E-state index in [4.69, 9.17) is 9.47 Å². The van der Waals surface area contributed by atoms with Gasteiger partial charge in [-0.25, -0.2) is 9.79 Å². The Labute approximate surface area is 234 Å². The van der Waals surface area contributed by atoms with Crippen molar-refractivity contribution in [1.82, 2.24) is 4.57 Å². The predicted molar refractivity (Wildman–Crippen MR) is 150 cm³/mol. The summed E-state index contributed by atoms with van der Waals surface area (Å²) in [5.74, 6) is -0.337. The van der Waals surface area contributed by atoms with E-state index in [-0.39, 0.29) is 23.6 Å². The molecule has 0 radical (unpaired) electrons. The van der Waals surface area contributed by atoms with Crippen LogP contribution in [0, 0.1) is 20.6 Å². The topological polar surface area (TPSA) is 133 Å². The molecule has 2 heterocycles. The molecule has 1 N–H and O–H groups in total. The average molecular weight is 649 g/mol. The molecule has 38 heavy (non-hydrogen) atoms. The first-order valence-electron chi connectivity index (χ1n) is 11.7. The number of phenols is 1. The number of ether oxygens (including phenoxy) is 2. The first-order valence-corrected chi connectivity index (χ1v) is 13.6. The standard InChI is InChI=1S/C26H24IN3O7S/c1-5-36-19-10-15(9-17(27)23(19)31)11-20-24(32)29-22(16-8-7-13(3)18(12-16)30(34)35)21(25(33)37-6-2)14(4)28-26(29)38-20/h7-12,22,31H,5-6H2,1-4H3/b20-11+/t22-/m0/s1. The summed E-state index contributed by atoms with van der Waals surface area (Å²) in [7, 11) is 0. The van der Waals surface area contributed by atoms with E-state index in [1.165, 1.54) is 10.6 Å². The number of phenolic OH excluding ortho intramolecular Hbond substituents is 1. The molecule has 0 bridgehead atoms. The highest BCUT2D eigenvalue weighted by atomic mass is 127. The Morgan fingerprint density at radius 1 is 1.26 bits per heavy atom. The van der Waals surface area contributed by atoms with Crippen molar-refractivity contribution in [2.75, 3.05) is 13.2 Å². The van der Waals surface area contributed by atoms with Crippen molar-refractivity contribution >= 4 is 51.7 Å². The molecule has 0 aliphatic carbocycles. The van der Waals surface area contributed by atoms with Crippen LogP contribution in [0.2, 0.25) is 0 Å². The van der Waals surface area contributed by atoms with Crippen molar-refractivity contribution in [3.8, 4) is 11.5 Å². The Morgan fingerprint density at radius 2 is 2.00 bits per heavy atom. The van der Waals surface area contributed by atoms with Crippen LogP contribution in [0.15, 0.2) is 51.4 Å². The number of carbonyl (C=O) groups excluding carboxylic acids is 1. The van der Waals surface area contributed by atoms with Gasteiger partial charge >= 0.3 is 5.97 Å². The minimum absolute atomic E-state index is 0.0155. The van der Waals surface area contributed by atoms with Crippen LogP contribution in [0.1, 0.15) is 43.5 Å². The summed E-state index contributed by atoms with van der Waals surface area (Å²) in [5.41, 5.74) is 1.44. The first kappa shape index (κ1) is 27.5. The smallest absolute Gasteiger partial charge is 0.338 e. The Balaban J connectivity index is 1.98. The summed E-state index contributed by atoms with van der Waals surface area (Å²) in [6, 6.07) is 7.02. The third-order valence-corrected chi connectivity index (χ3v) is 7.72. The fraction of sp³-hybridized carbons (Fsp3) is 0.269. The molecule has 12 heteroatoms. The van der Waals surface area contributed by atoms with Crippen LogP contribution in [-0.2, 0) is 9.53 Å². The zero-order valence-corrected chi connectivity index (χ0v) is 24.0. The average Bonchev–Trinajstić information content (AvgIpc) is 3.16. The molecule has 3 aromatic rings. The van der Waals surface area contributed by atoms with Crippen LogP contribution in [0.4, 0.5) is 5.69 Å². The number of fused-ring (bicyclic) bond motifs is 1. The van der Waals surface area contributed by atoms with Gasteiger partial charge in [-0.05, 0) is 79.6 Å². The molecular weight excluding hydrogens is 625 g/mol. The van der Waals surface area contributed by atoms with Crippen LogP contribution in [-0.4, -0.2) is 33.8 Å². The SMILES string of the molecule is CCOC(=O)C1=C(C)N=c2s/c(=C/c3cc(I)c(O)c(OCC)c3)c(=O)n2[C@H]1c1ccc(C)c([N+](=O)[O-])c1. The molecule has 1 aliphatic heterocycles. The van der Waals surface area contributed by atoms with E-state index in [0.717, 1.165) is 11.3 Å². The number of aromatic nitrogens is 1. The maximum atomic E-state index is 13.8. The number of nitrogens with zero attached hydrogens (tertiary/aromatic N) is 3. The van der Waals surface area contributed by atoms with E-state index >= 15 is 0 Å². The molecule has 0 amide bonds. The Bertz CT molecular complexity index is 1670. The Hall–Kier alpha value is -3.52. The lowest BCUT2D eigenvalue weighted by atomic mass is 9.94. The number of thiazole rings is 1. The number of nitro groups is 1. The van der Waals surface area contributed by atoms with Crippen LogP contribution in [0.5, 0.6) is 11.5 Å². The number of carbonyl (C=O) groups is 1. The van der Waals surface area contributed by atoms with Crippen molar-refractivity contribution < 1.29 is 24.3 Å². The molecule has 1 atom stereocenters. The molecule has 2 aromatic carbocycles. The van der Waals surface area contributed by atoms with Crippen molar-refractivity contribution in [3.63, 3.8) is 0 Å². The molecule has 0 unspecified atom stereocenters. The van der Waals surface area contributed by atoms with Gasteiger partial charge in [-0.3, -0.25) is 19.5 Å². The van der Waals surface area contributed by atoms with E-state index in [2.05, 4.69) is 4.99 Å². The van der Waals surface area contributed by atoms with Gasteiger partial charge in [0.05, 0.1) is 43.6 Å². The quantitative estimate of drug-likeness (QED) is 0.179. The van der Waals surface area contributed by atoms with Gasteiger partial charge in [0.25, 0.3) is 11.2 Å². The summed E-state index contributed by atoms with van der Waals surface area (Å²) >= 11 is 3.12. The summed E-state index contributed by atoms with van der Waals surface area (Å²) in [6.07, 6.45) is 1.66. The zero-order chi connectivity index (χ0) is 27.7. The lowest BCUT2D eigenvalue weighted by Gasteiger charge is -2.24. The fourth-order valence-electron chi connectivity index (χ4n) is 4.19. The number of hydrogen-bond donors (Lipinski definition) is 1.